The van der Waals surface area contributed by atoms with E-state index < -0.39 is 0 Å². The fourth-order valence-corrected chi connectivity index (χ4v) is 5.81. The van der Waals surface area contributed by atoms with Crippen molar-refractivity contribution in [3.63, 3.8) is 0 Å². The van der Waals surface area contributed by atoms with Crippen LogP contribution in [0.2, 0.25) is 0 Å². The van der Waals surface area contributed by atoms with Gasteiger partial charge in [-0.25, -0.2) is 0 Å². The summed E-state index contributed by atoms with van der Waals surface area (Å²) in [6, 6.07) is 13.9. The molecule has 2 bridgehead atoms. The number of benzene rings is 1. The Morgan fingerprint density at radius 3 is 2.82 bits per heavy atom. The van der Waals surface area contributed by atoms with E-state index in [1.807, 2.05) is 11.8 Å². The standard InChI is InChI=1S/C23H29N3O2/c1-16-10-21(24-28-16)23(27)25-13-18-11-19(15-25)22-9-5-8-20(26(22)14-18)12-17-6-3-2-4-7-17/h2-4,6-7,10,18-20,22H,5,8-9,11-15H2,1H3/t18-,19+,20+,22-/m0/s1. The number of piperidine rings is 3. The van der Waals surface area contributed by atoms with E-state index in [0.717, 1.165) is 26.1 Å². The molecule has 3 aliphatic rings. The van der Waals surface area contributed by atoms with E-state index in [9.17, 15) is 4.79 Å². The molecule has 4 atom stereocenters. The molecule has 0 N–H and O–H groups in total. The zero-order chi connectivity index (χ0) is 19.1. The normalized spacial score (nSPS) is 30.1. The molecule has 1 amide bonds. The molecule has 0 spiro atoms. The van der Waals surface area contributed by atoms with Crippen molar-refractivity contribution in [2.45, 2.75) is 51.1 Å². The van der Waals surface area contributed by atoms with Gasteiger partial charge in [-0.15, -0.1) is 0 Å². The fourth-order valence-electron chi connectivity index (χ4n) is 5.81. The van der Waals surface area contributed by atoms with E-state index in [4.69, 9.17) is 4.52 Å². The van der Waals surface area contributed by atoms with E-state index in [-0.39, 0.29) is 5.91 Å². The summed E-state index contributed by atoms with van der Waals surface area (Å²) < 4.78 is 5.12. The van der Waals surface area contributed by atoms with Gasteiger partial charge in [0.15, 0.2) is 5.69 Å². The molecule has 1 aromatic heterocycles. The van der Waals surface area contributed by atoms with Crippen LogP contribution in [0.3, 0.4) is 0 Å². The number of carbonyl (C=O) groups is 1. The third-order valence-corrected chi connectivity index (χ3v) is 6.96. The minimum atomic E-state index is 0.0386. The van der Waals surface area contributed by atoms with E-state index in [0.29, 0.717) is 35.4 Å². The summed E-state index contributed by atoms with van der Waals surface area (Å²) in [5.74, 6) is 1.89. The van der Waals surface area contributed by atoms with Crippen LogP contribution in [0.4, 0.5) is 0 Å². The third-order valence-electron chi connectivity index (χ3n) is 6.96. The Labute approximate surface area is 166 Å². The van der Waals surface area contributed by atoms with Crippen molar-refractivity contribution in [2.75, 3.05) is 19.6 Å². The molecule has 3 saturated heterocycles. The molecule has 0 aliphatic carbocycles. The van der Waals surface area contributed by atoms with E-state index >= 15 is 0 Å². The van der Waals surface area contributed by atoms with Gasteiger partial charge in [0, 0.05) is 37.8 Å². The highest BCUT2D eigenvalue weighted by Gasteiger charge is 2.45. The van der Waals surface area contributed by atoms with Crippen LogP contribution >= 0.6 is 0 Å². The first kappa shape index (κ1) is 17.9. The number of aromatic nitrogens is 1. The molecular formula is C23H29N3O2. The minimum absolute atomic E-state index is 0.0386. The Hall–Kier alpha value is -2.14. The van der Waals surface area contributed by atoms with Gasteiger partial charge in [-0.3, -0.25) is 9.69 Å². The molecule has 1 aromatic carbocycles. The number of carbonyl (C=O) groups excluding carboxylic acids is 1. The number of hydrogen-bond donors (Lipinski definition) is 0. The molecule has 0 unspecified atom stereocenters. The molecule has 28 heavy (non-hydrogen) atoms. The second-order valence-corrected chi connectivity index (χ2v) is 8.93. The topological polar surface area (TPSA) is 49.6 Å². The number of rotatable bonds is 3. The van der Waals surface area contributed by atoms with Crippen LogP contribution in [-0.2, 0) is 6.42 Å². The molecule has 3 aliphatic heterocycles. The number of nitrogens with zero attached hydrogens (tertiary/aromatic N) is 3. The van der Waals surface area contributed by atoms with E-state index in [1.54, 1.807) is 6.07 Å². The molecule has 4 heterocycles. The molecule has 2 aromatic rings. The van der Waals surface area contributed by atoms with E-state index in [1.165, 1.54) is 31.2 Å². The van der Waals surface area contributed by atoms with Crippen LogP contribution in [0, 0.1) is 18.8 Å². The van der Waals surface area contributed by atoms with Gasteiger partial charge in [0.1, 0.15) is 5.76 Å². The van der Waals surface area contributed by atoms with Crippen LogP contribution in [0.15, 0.2) is 40.9 Å². The molecule has 148 valence electrons. The molecular weight excluding hydrogens is 350 g/mol. The van der Waals surface area contributed by atoms with Crippen LogP contribution in [-0.4, -0.2) is 52.6 Å². The van der Waals surface area contributed by atoms with Crippen molar-refractivity contribution in [2.24, 2.45) is 11.8 Å². The summed E-state index contributed by atoms with van der Waals surface area (Å²) in [4.78, 5) is 17.7. The van der Waals surface area contributed by atoms with Gasteiger partial charge in [0.2, 0.25) is 0 Å². The van der Waals surface area contributed by atoms with Gasteiger partial charge in [-0.05, 0) is 50.0 Å². The summed E-state index contributed by atoms with van der Waals surface area (Å²) in [5, 5.41) is 3.95. The lowest BCUT2D eigenvalue weighted by atomic mass is 9.74. The Morgan fingerprint density at radius 2 is 2.04 bits per heavy atom. The average Bonchev–Trinajstić information content (AvgIpc) is 3.15. The number of aryl methyl sites for hydroxylation is 1. The summed E-state index contributed by atoms with van der Waals surface area (Å²) in [6.07, 6.45) is 6.29. The van der Waals surface area contributed by atoms with Gasteiger partial charge in [-0.2, -0.15) is 0 Å². The smallest absolute Gasteiger partial charge is 0.276 e. The van der Waals surface area contributed by atoms with E-state index in [2.05, 4.69) is 40.4 Å². The van der Waals surface area contributed by atoms with Gasteiger partial charge in [0.05, 0.1) is 0 Å². The molecule has 0 radical (unpaired) electrons. The molecule has 5 rings (SSSR count). The summed E-state index contributed by atoms with van der Waals surface area (Å²) in [6.45, 7) is 4.67. The molecule has 5 nitrogen and oxygen atoms in total. The van der Waals surface area contributed by atoms with Gasteiger partial charge < -0.3 is 9.42 Å². The Kier molecular flexibility index (Phi) is 4.71. The monoisotopic (exact) mass is 379 g/mol. The summed E-state index contributed by atoms with van der Waals surface area (Å²) in [7, 11) is 0. The van der Waals surface area contributed by atoms with Gasteiger partial charge in [-0.1, -0.05) is 41.9 Å². The number of amides is 1. The zero-order valence-electron chi connectivity index (χ0n) is 16.6. The van der Waals surface area contributed by atoms with Crippen LogP contribution in [0.5, 0.6) is 0 Å². The number of likely N-dealkylation sites (tertiary alicyclic amines) is 1. The first-order chi connectivity index (χ1) is 13.7. The van der Waals surface area contributed by atoms with Crippen LogP contribution in [0.1, 0.15) is 47.5 Å². The highest BCUT2D eigenvalue weighted by molar-refractivity contribution is 5.92. The van der Waals surface area contributed by atoms with Crippen LogP contribution < -0.4 is 0 Å². The lowest BCUT2D eigenvalue weighted by molar-refractivity contribution is -0.0500. The fraction of sp³-hybridized carbons (Fsp3) is 0.565. The third kappa shape index (κ3) is 3.37. The van der Waals surface area contributed by atoms with Crippen molar-refractivity contribution in [3.05, 3.63) is 53.4 Å². The number of hydrogen-bond acceptors (Lipinski definition) is 4. The zero-order valence-corrected chi connectivity index (χ0v) is 16.6. The lowest BCUT2D eigenvalue weighted by Gasteiger charge is -2.55. The second-order valence-electron chi connectivity index (χ2n) is 8.93. The average molecular weight is 380 g/mol. The quantitative estimate of drug-likeness (QED) is 0.818. The van der Waals surface area contributed by atoms with Gasteiger partial charge >= 0.3 is 0 Å². The second kappa shape index (κ2) is 7.36. The maximum atomic E-state index is 12.9. The Balaban J connectivity index is 1.31. The van der Waals surface area contributed by atoms with Crippen molar-refractivity contribution >= 4 is 5.91 Å². The summed E-state index contributed by atoms with van der Waals surface area (Å²) >= 11 is 0. The van der Waals surface area contributed by atoms with Crippen molar-refractivity contribution in [1.82, 2.24) is 15.0 Å². The first-order valence-corrected chi connectivity index (χ1v) is 10.7. The first-order valence-electron chi connectivity index (χ1n) is 10.7. The molecule has 5 heteroatoms. The Bertz CT molecular complexity index is 833. The minimum Gasteiger partial charge on any atom is -0.361 e. The maximum Gasteiger partial charge on any atom is 0.276 e. The van der Waals surface area contributed by atoms with Crippen molar-refractivity contribution in [1.29, 1.82) is 0 Å². The largest absolute Gasteiger partial charge is 0.361 e. The SMILES string of the molecule is Cc1cc(C(=O)N2C[C@@H]3C[C@H](C2)[C@@H]2CCC[C@H](Cc4ccccc4)N2C3)no1. The van der Waals surface area contributed by atoms with Crippen molar-refractivity contribution < 1.29 is 9.32 Å². The van der Waals surface area contributed by atoms with Crippen molar-refractivity contribution in [3.8, 4) is 0 Å². The lowest BCUT2D eigenvalue weighted by Crippen LogP contribution is -2.62. The predicted molar refractivity (Wildman–Crippen MR) is 107 cm³/mol. The maximum absolute atomic E-state index is 12.9. The molecule has 3 fully saturated rings. The number of fused-ring (bicyclic) bond motifs is 4. The van der Waals surface area contributed by atoms with Crippen LogP contribution in [0.25, 0.3) is 0 Å². The van der Waals surface area contributed by atoms with Gasteiger partial charge in [0.25, 0.3) is 5.91 Å². The highest BCUT2D eigenvalue weighted by Crippen LogP contribution is 2.40. The Morgan fingerprint density at radius 1 is 1.18 bits per heavy atom. The highest BCUT2D eigenvalue weighted by atomic mass is 16.5. The summed E-state index contributed by atoms with van der Waals surface area (Å²) in [5.41, 5.74) is 1.90. The molecule has 0 saturated carbocycles. The predicted octanol–water partition coefficient (Wildman–Crippen LogP) is 3.54.